The van der Waals surface area contributed by atoms with E-state index in [9.17, 15) is 18.7 Å². The van der Waals surface area contributed by atoms with Gasteiger partial charge in [-0.1, -0.05) is 0 Å². The van der Waals surface area contributed by atoms with Crippen LogP contribution in [-0.4, -0.2) is 10.8 Å². The molecule has 0 amide bonds. The van der Waals surface area contributed by atoms with Crippen LogP contribution >= 0.6 is 15.9 Å². The van der Waals surface area contributed by atoms with Crippen molar-refractivity contribution in [2.24, 2.45) is 0 Å². The molecule has 0 bridgehead atoms. The van der Waals surface area contributed by atoms with Gasteiger partial charge < -0.3 is 9.90 Å². The summed E-state index contributed by atoms with van der Waals surface area (Å²) < 4.78 is 22.9. The number of hydrogen-bond acceptors (Lipinski definition) is 2. The van der Waals surface area contributed by atoms with E-state index in [1.54, 1.807) is 0 Å². The molecule has 8 heavy (non-hydrogen) atoms. The highest BCUT2D eigenvalue weighted by atomic mass is 79.9. The molecule has 0 atom stereocenters. The summed E-state index contributed by atoms with van der Waals surface area (Å²) in [4.78, 5) is 6.07. The largest absolute Gasteiger partial charge is 0.550 e. The van der Waals surface area contributed by atoms with Crippen LogP contribution < -0.4 is 5.11 Å². The molecule has 0 aliphatic rings. The van der Waals surface area contributed by atoms with Crippen LogP contribution in [-0.2, 0) is 4.79 Å². The minimum atomic E-state index is -3.33. The van der Waals surface area contributed by atoms with E-state index in [0.717, 1.165) is 0 Å². The van der Waals surface area contributed by atoms with Gasteiger partial charge in [-0.05, 0) is 15.9 Å². The monoisotopic (exact) mass is 187 g/mol. The number of carbonyl (C=O) groups excluding carboxylic acids is 1. The topological polar surface area (TPSA) is 40.1 Å². The highest BCUT2D eigenvalue weighted by Gasteiger charge is 2.23. The van der Waals surface area contributed by atoms with Gasteiger partial charge in [0, 0.05) is 5.97 Å². The first kappa shape index (κ1) is 7.81. The third-order valence-electron chi connectivity index (χ3n) is 0.345. The van der Waals surface area contributed by atoms with Gasteiger partial charge in [0.15, 0.2) is 0 Å². The van der Waals surface area contributed by atoms with Crippen molar-refractivity contribution in [2.75, 3.05) is 0 Å². The van der Waals surface area contributed by atoms with E-state index in [0.29, 0.717) is 0 Å². The fourth-order valence-electron chi connectivity index (χ4n) is 0.164. The van der Waals surface area contributed by atoms with E-state index in [-0.39, 0.29) is 0 Å². The first-order chi connectivity index (χ1) is 3.42. The number of hydrogen-bond donors (Lipinski definition) is 0. The third-order valence-corrected chi connectivity index (χ3v) is 0.625. The lowest BCUT2D eigenvalue weighted by Gasteiger charge is -2.06. The second-order valence-electron chi connectivity index (χ2n) is 1.16. The average molecular weight is 188 g/mol. The number of aliphatic carboxylic acids is 1. The lowest BCUT2D eigenvalue weighted by Crippen LogP contribution is -2.27. The van der Waals surface area contributed by atoms with Crippen molar-refractivity contribution in [1.29, 1.82) is 0 Å². The zero-order valence-corrected chi connectivity index (χ0v) is 5.24. The number of alkyl halides is 3. The molecule has 0 spiro atoms. The molecule has 0 N–H and O–H groups in total. The molecule has 0 aromatic carbocycles. The van der Waals surface area contributed by atoms with Crippen LogP contribution in [0.4, 0.5) is 8.78 Å². The quantitative estimate of drug-likeness (QED) is 0.577. The van der Waals surface area contributed by atoms with Crippen LogP contribution in [0.1, 0.15) is 6.42 Å². The van der Waals surface area contributed by atoms with Crippen molar-refractivity contribution >= 4 is 21.9 Å². The molecule has 0 aliphatic heterocycles. The lowest BCUT2D eigenvalue weighted by molar-refractivity contribution is -0.308. The summed E-state index contributed by atoms with van der Waals surface area (Å²) in [5.41, 5.74) is 0. The fraction of sp³-hybridized carbons (Fsp3) is 0.667. The maximum absolute atomic E-state index is 11.5. The Hall–Kier alpha value is -0.190. The predicted octanol–water partition coefficient (Wildman–Crippen LogP) is 0.114. The molecular formula is C3H2BrF2O2-. The Morgan fingerprint density at radius 2 is 2.12 bits per heavy atom. The molecule has 0 heterocycles. The average Bonchev–Trinajstić information content (AvgIpc) is 1.21. The van der Waals surface area contributed by atoms with Gasteiger partial charge in [0.2, 0.25) is 0 Å². The summed E-state index contributed by atoms with van der Waals surface area (Å²) in [5, 5.41) is 9.39. The highest BCUT2D eigenvalue weighted by Crippen LogP contribution is 2.24. The first-order valence-corrected chi connectivity index (χ1v) is 2.48. The molecule has 0 radical (unpaired) electrons. The number of carboxylic acids is 1. The Balaban J connectivity index is 3.55. The predicted molar refractivity (Wildman–Crippen MR) is 23.5 cm³/mol. The zero-order chi connectivity index (χ0) is 6.78. The Bertz CT molecular complexity index is 97.9. The summed E-state index contributed by atoms with van der Waals surface area (Å²) in [6.07, 6.45) is -1.28. The second kappa shape index (κ2) is 2.39. The van der Waals surface area contributed by atoms with Crippen LogP contribution in [0.3, 0.4) is 0 Å². The molecule has 0 saturated carbocycles. The molecule has 0 unspecified atom stereocenters. The Kier molecular flexibility index (Phi) is 2.33. The van der Waals surface area contributed by atoms with Gasteiger partial charge in [-0.15, -0.1) is 0 Å². The molecule has 0 rings (SSSR count). The fourth-order valence-corrected chi connectivity index (χ4v) is 0.393. The Morgan fingerprint density at radius 1 is 1.75 bits per heavy atom. The molecule has 0 saturated heterocycles. The van der Waals surface area contributed by atoms with E-state index in [1.165, 1.54) is 0 Å². The summed E-state index contributed by atoms with van der Waals surface area (Å²) >= 11 is 1.82. The standard InChI is InChI=1S/C3H3BrF2O2/c4-3(5,6)1-2(7)8/h1H2,(H,7,8)/p-1. The third kappa shape index (κ3) is 5.81. The van der Waals surface area contributed by atoms with E-state index >= 15 is 0 Å². The molecule has 0 aliphatic carbocycles. The second-order valence-corrected chi connectivity index (χ2v) is 2.32. The van der Waals surface area contributed by atoms with Crippen LogP contribution in [0.15, 0.2) is 0 Å². The molecule has 0 aromatic heterocycles. The van der Waals surface area contributed by atoms with Gasteiger partial charge in [-0.2, -0.15) is 8.78 Å². The molecule has 0 aromatic rings. The van der Waals surface area contributed by atoms with E-state index < -0.39 is 17.2 Å². The van der Waals surface area contributed by atoms with Gasteiger partial charge in [0.25, 0.3) is 0 Å². The van der Waals surface area contributed by atoms with Gasteiger partial charge >= 0.3 is 4.83 Å². The SMILES string of the molecule is O=C([O-])CC(F)(F)Br. The van der Waals surface area contributed by atoms with E-state index in [1.807, 2.05) is 15.9 Å². The molecular weight excluding hydrogens is 186 g/mol. The molecule has 0 fully saturated rings. The maximum Gasteiger partial charge on any atom is 0.306 e. The van der Waals surface area contributed by atoms with Crippen molar-refractivity contribution < 1.29 is 18.7 Å². The number of rotatable bonds is 2. The normalized spacial score (nSPS) is 11.4. The zero-order valence-electron chi connectivity index (χ0n) is 3.66. The summed E-state index contributed by atoms with van der Waals surface area (Å²) in [6, 6.07) is 0. The molecule has 48 valence electrons. The summed E-state index contributed by atoms with van der Waals surface area (Å²) in [7, 11) is 0. The smallest absolute Gasteiger partial charge is 0.306 e. The number of carbonyl (C=O) groups is 1. The highest BCUT2D eigenvalue weighted by molar-refractivity contribution is 9.10. The van der Waals surface area contributed by atoms with Crippen molar-refractivity contribution in [1.82, 2.24) is 0 Å². The summed E-state index contributed by atoms with van der Waals surface area (Å²) in [6.45, 7) is 0. The van der Waals surface area contributed by atoms with Gasteiger partial charge in [0.05, 0.1) is 6.42 Å². The maximum atomic E-state index is 11.5. The number of carboxylic acid groups (broad SMARTS) is 1. The van der Waals surface area contributed by atoms with Crippen molar-refractivity contribution in [3.63, 3.8) is 0 Å². The minimum absolute atomic E-state index is 1.28. The van der Waals surface area contributed by atoms with Gasteiger partial charge in [0.1, 0.15) is 0 Å². The van der Waals surface area contributed by atoms with E-state index in [2.05, 4.69) is 0 Å². The van der Waals surface area contributed by atoms with Crippen molar-refractivity contribution in [3.05, 3.63) is 0 Å². The lowest BCUT2D eigenvalue weighted by atomic mass is 10.5. The van der Waals surface area contributed by atoms with Crippen molar-refractivity contribution in [2.45, 2.75) is 11.3 Å². The van der Waals surface area contributed by atoms with Gasteiger partial charge in [-0.3, -0.25) is 0 Å². The van der Waals surface area contributed by atoms with Crippen LogP contribution in [0.2, 0.25) is 0 Å². The van der Waals surface area contributed by atoms with Crippen LogP contribution in [0.25, 0.3) is 0 Å². The molecule has 5 heteroatoms. The summed E-state index contributed by atoms with van der Waals surface area (Å²) in [5.74, 6) is -1.77. The Labute approximate surface area is 52.6 Å². The Morgan fingerprint density at radius 3 is 2.12 bits per heavy atom. The minimum Gasteiger partial charge on any atom is -0.550 e. The van der Waals surface area contributed by atoms with Crippen molar-refractivity contribution in [3.8, 4) is 0 Å². The van der Waals surface area contributed by atoms with Crippen LogP contribution in [0.5, 0.6) is 0 Å². The van der Waals surface area contributed by atoms with Crippen LogP contribution in [0, 0.1) is 0 Å². The molecule has 2 nitrogen and oxygen atoms in total. The van der Waals surface area contributed by atoms with E-state index in [4.69, 9.17) is 0 Å². The number of halogens is 3. The van der Waals surface area contributed by atoms with Gasteiger partial charge in [-0.25, -0.2) is 0 Å². The first-order valence-electron chi connectivity index (χ1n) is 1.68.